The smallest absolute Gasteiger partial charge is 0.352 e. The van der Waals surface area contributed by atoms with Gasteiger partial charge in [0.2, 0.25) is 11.1 Å². The fraction of sp³-hybridized carbons (Fsp3) is 0.444. The number of carbonyl (C=O) groups excluding carboxylic acids is 4. The maximum absolute atomic E-state index is 13.0. The first kappa shape index (κ1) is 32.1. The van der Waals surface area contributed by atoms with Gasteiger partial charge >= 0.3 is 11.9 Å². The zero-order chi connectivity index (χ0) is 32.4. The summed E-state index contributed by atoms with van der Waals surface area (Å²) in [7, 11) is 3.85. The molecule has 0 aliphatic carbocycles. The highest BCUT2D eigenvalue weighted by Crippen LogP contribution is 2.41. The number of rotatable bonds is 14. The number of β-lactam (4-membered cyclic amide) rings is 1. The van der Waals surface area contributed by atoms with Gasteiger partial charge in [-0.2, -0.15) is 0 Å². The van der Waals surface area contributed by atoms with Gasteiger partial charge in [-0.1, -0.05) is 23.9 Å². The summed E-state index contributed by atoms with van der Waals surface area (Å²) in [5.41, 5.74) is 0.656. The number of carbonyl (C=O) groups is 6. The Bertz CT molecular complexity index is 1560. The third-order valence-electron chi connectivity index (χ3n) is 7.50. The second kappa shape index (κ2) is 13.4. The van der Waals surface area contributed by atoms with Crippen molar-refractivity contribution in [2.24, 2.45) is 0 Å². The van der Waals surface area contributed by atoms with Crippen LogP contribution in [-0.4, -0.2) is 130 Å². The predicted octanol–water partition coefficient (Wildman–Crippen LogP) is -0.0149. The SMILES string of the molecule is CN(C)CCn1nnnc1SCC1=C(C(=O)O)N2C(=O)[C@@H](NC(=O)CCC[C@H](C(=O)O)N3C(=O)c4ccccc4C3=O)[C@H]2SC1. The van der Waals surface area contributed by atoms with E-state index in [-0.39, 0.29) is 41.8 Å². The highest BCUT2D eigenvalue weighted by atomic mass is 32.2. The Kier molecular flexibility index (Phi) is 9.54. The van der Waals surface area contributed by atoms with Crippen LogP contribution in [0.3, 0.4) is 0 Å². The van der Waals surface area contributed by atoms with E-state index >= 15 is 0 Å². The number of benzene rings is 1. The summed E-state index contributed by atoms with van der Waals surface area (Å²) in [6.07, 6.45) is -0.309. The van der Waals surface area contributed by atoms with Crippen LogP contribution < -0.4 is 5.32 Å². The van der Waals surface area contributed by atoms with Crippen molar-refractivity contribution in [1.29, 1.82) is 0 Å². The van der Waals surface area contributed by atoms with Gasteiger partial charge in [-0.25, -0.2) is 14.3 Å². The maximum atomic E-state index is 13.0. The molecule has 1 aromatic heterocycles. The Morgan fingerprint density at radius 2 is 1.82 bits per heavy atom. The summed E-state index contributed by atoms with van der Waals surface area (Å²) in [5, 5.41) is 33.9. The van der Waals surface area contributed by atoms with E-state index in [1.54, 1.807) is 16.8 Å². The summed E-state index contributed by atoms with van der Waals surface area (Å²) in [5.74, 6) is -4.57. The zero-order valence-electron chi connectivity index (χ0n) is 24.3. The monoisotopic (exact) mass is 658 g/mol. The second-order valence-electron chi connectivity index (χ2n) is 10.8. The number of fused-ring (bicyclic) bond motifs is 2. The van der Waals surface area contributed by atoms with Crippen LogP contribution >= 0.6 is 23.5 Å². The Labute approximate surface area is 265 Å². The lowest BCUT2D eigenvalue weighted by Crippen LogP contribution is -2.70. The molecule has 18 heteroatoms. The maximum Gasteiger partial charge on any atom is 0.352 e. The van der Waals surface area contributed by atoms with Gasteiger partial charge in [0, 0.05) is 24.5 Å². The van der Waals surface area contributed by atoms with E-state index in [4.69, 9.17) is 0 Å². The molecule has 45 heavy (non-hydrogen) atoms. The van der Waals surface area contributed by atoms with Crippen LogP contribution in [0.25, 0.3) is 0 Å². The minimum atomic E-state index is -1.46. The van der Waals surface area contributed by atoms with E-state index in [0.29, 0.717) is 34.5 Å². The number of tetrazole rings is 1. The van der Waals surface area contributed by atoms with Gasteiger partial charge in [-0.3, -0.25) is 29.0 Å². The predicted molar refractivity (Wildman–Crippen MR) is 159 cm³/mol. The number of hydrogen-bond donors (Lipinski definition) is 3. The van der Waals surface area contributed by atoms with Crippen molar-refractivity contribution in [3.8, 4) is 0 Å². The summed E-state index contributed by atoms with van der Waals surface area (Å²) in [6, 6.07) is 3.66. The number of aromatic nitrogens is 4. The van der Waals surface area contributed by atoms with Crippen molar-refractivity contribution >= 4 is 59.1 Å². The molecule has 5 rings (SSSR count). The first-order valence-electron chi connectivity index (χ1n) is 13.9. The molecule has 2 aromatic rings. The number of carboxylic acid groups (broad SMARTS) is 2. The van der Waals surface area contributed by atoms with Gasteiger partial charge in [-0.15, -0.1) is 16.9 Å². The van der Waals surface area contributed by atoms with Gasteiger partial charge in [0.25, 0.3) is 17.7 Å². The Balaban J connectivity index is 1.16. The number of aliphatic carboxylic acids is 2. The zero-order valence-corrected chi connectivity index (χ0v) is 25.9. The highest BCUT2D eigenvalue weighted by Gasteiger charge is 2.54. The standard InChI is InChI=1S/C27H30N8O8S2/c1-32(2)10-11-33-27(29-30-31-33)45-13-14-12-44-24-19(23(39)35(24)20(14)26(42)43)28-18(36)9-5-8-17(25(40)41)34-21(37)15-6-3-4-7-16(15)22(34)38/h3-4,6-7,17,19,24H,5,8-13H2,1-2H3,(H,28,36)(H,40,41)(H,42,43)/t17-,19-,24-/m1/s1. The number of amides is 4. The summed E-state index contributed by atoms with van der Waals surface area (Å²) >= 11 is 2.60. The molecule has 4 amide bonds. The van der Waals surface area contributed by atoms with Crippen LogP contribution in [-0.2, 0) is 25.7 Å². The third-order valence-corrected chi connectivity index (χ3v) is 9.89. The Morgan fingerprint density at radius 3 is 2.44 bits per heavy atom. The summed E-state index contributed by atoms with van der Waals surface area (Å²) < 4.78 is 1.63. The molecule has 0 radical (unpaired) electrons. The Morgan fingerprint density at radius 1 is 1.13 bits per heavy atom. The van der Waals surface area contributed by atoms with E-state index < -0.39 is 53.0 Å². The lowest BCUT2D eigenvalue weighted by Gasteiger charge is -2.49. The van der Waals surface area contributed by atoms with Crippen LogP contribution in [0, 0.1) is 0 Å². The molecule has 3 N–H and O–H groups in total. The van der Waals surface area contributed by atoms with Gasteiger partial charge in [0.1, 0.15) is 23.2 Å². The normalized spacial score (nSPS) is 19.8. The topological polar surface area (TPSA) is 208 Å². The highest BCUT2D eigenvalue weighted by molar-refractivity contribution is 8.01. The largest absolute Gasteiger partial charge is 0.480 e. The fourth-order valence-corrected chi connectivity index (χ4v) is 7.62. The molecule has 1 saturated heterocycles. The number of nitrogens with zero attached hydrogens (tertiary/aromatic N) is 7. The van der Waals surface area contributed by atoms with Crippen LogP contribution in [0.2, 0.25) is 0 Å². The van der Waals surface area contributed by atoms with E-state index in [9.17, 15) is 39.0 Å². The van der Waals surface area contributed by atoms with Crippen LogP contribution in [0.4, 0.5) is 0 Å². The average molecular weight is 659 g/mol. The molecule has 3 aliphatic heterocycles. The molecule has 3 aliphatic rings. The van der Waals surface area contributed by atoms with E-state index in [1.165, 1.54) is 40.6 Å². The second-order valence-corrected chi connectivity index (χ2v) is 12.8. The molecule has 1 fully saturated rings. The summed E-state index contributed by atoms with van der Waals surface area (Å²) in [6.45, 7) is 1.26. The molecular weight excluding hydrogens is 628 g/mol. The van der Waals surface area contributed by atoms with Crippen molar-refractivity contribution < 1.29 is 39.0 Å². The lowest BCUT2D eigenvalue weighted by atomic mass is 10.0. The molecule has 3 atom stereocenters. The van der Waals surface area contributed by atoms with E-state index in [0.717, 1.165) is 0 Å². The van der Waals surface area contributed by atoms with Crippen molar-refractivity contribution in [2.75, 3.05) is 32.1 Å². The number of hydrogen-bond acceptors (Lipinski definition) is 12. The Hall–Kier alpha value is -4.29. The summed E-state index contributed by atoms with van der Waals surface area (Å²) in [4.78, 5) is 79.3. The number of carboxylic acids is 2. The molecule has 4 heterocycles. The van der Waals surface area contributed by atoms with Crippen molar-refractivity contribution in [2.45, 2.75) is 48.4 Å². The molecule has 238 valence electrons. The van der Waals surface area contributed by atoms with Crippen LogP contribution in [0.1, 0.15) is 40.0 Å². The number of nitrogens with one attached hydrogen (secondary N) is 1. The molecule has 0 saturated carbocycles. The quantitative estimate of drug-likeness (QED) is 0.139. The molecule has 0 spiro atoms. The molecule has 16 nitrogen and oxygen atoms in total. The molecule has 0 unspecified atom stereocenters. The molecule has 1 aromatic carbocycles. The van der Waals surface area contributed by atoms with Crippen LogP contribution in [0.15, 0.2) is 40.7 Å². The van der Waals surface area contributed by atoms with Crippen molar-refractivity contribution in [3.05, 3.63) is 46.7 Å². The van der Waals surface area contributed by atoms with Crippen molar-refractivity contribution in [3.63, 3.8) is 0 Å². The molecule has 0 bridgehead atoms. The first-order chi connectivity index (χ1) is 21.5. The molecular formula is C27H30N8O8S2. The minimum Gasteiger partial charge on any atom is -0.480 e. The first-order valence-corrected chi connectivity index (χ1v) is 16.0. The van der Waals surface area contributed by atoms with E-state index in [1.807, 2.05) is 19.0 Å². The van der Waals surface area contributed by atoms with Gasteiger partial charge in [-0.05, 0) is 55.1 Å². The number of likely N-dealkylation sites (N-methyl/N-ethyl adjacent to an activating group) is 1. The lowest BCUT2D eigenvalue weighted by molar-refractivity contribution is -0.150. The van der Waals surface area contributed by atoms with Gasteiger partial charge in [0.15, 0.2) is 0 Å². The van der Waals surface area contributed by atoms with Gasteiger partial charge < -0.3 is 20.4 Å². The number of imide groups is 1. The number of thioether (sulfide) groups is 2. The van der Waals surface area contributed by atoms with Crippen molar-refractivity contribution in [1.82, 2.24) is 40.2 Å². The fourth-order valence-electron chi connectivity index (χ4n) is 5.24. The average Bonchev–Trinajstić information content (AvgIpc) is 3.56. The van der Waals surface area contributed by atoms with Crippen LogP contribution in [0.5, 0.6) is 0 Å². The minimum absolute atomic E-state index is 0.0221. The van der Waals surface area contributed by atoms with E-state index in [2.05, 4.69) is 20.8 Å². The van der Waals surface area contributed by atoms with Gasteiger partial charge in [0.05, 0.1) is 17.7 Å². The third kappa shape index (κ3) is 6.43.